The average molecular weight is 357 g/mol. The summed E-state index contributed by atoms with van der Waals surface area (Å²) in [6.07, 6.45) is 3.62. The Morgan fingerprint density at radius 2 is 1.90 bits per heavy atom. The van der Waals surface area contributed by atoms with E-state index in [-0.39, 0.29) is 23.4 Å². The van der Waals surface area contributed by atoms with Gasteiger partial charge in [0.05, 0.1) is 4.47 Å². The summed E-state index contributed by atoms with van der Waals surface area (Å²) >= 11 is 3.22. The molecule has 0 spiro atoms. The Balaban J connectivity index is 2.16. The molecule has 0 heterocycles. The molecule has 21 heavy (non-hydrogen) atoms. The van der Waals surface area contributed by atoms with Crippen molar-refractivity contribution in [2.75, 3.05) is 7.11 Å². The maximum atomic E-state index is 13.6. The second kappa shape index (κ2) is 6.17. The van der Waals surface area contributed by atoms with E-state index in [1.165, 1.54) is 6.07 Å². The average Bonchev–Trinajstić information content (AvgIpc) is 2.44. The van der Waals surface area contributed by atoms with E-state index >= 15 is 0 Å². The van der Waals surface area contributed by atoms with Crippen LogP contribution in [-0.4, -0.2) is 18.5 Å². The van der Waals surface area contributed by atoms with Crippen molar-refractivity contribution in [1.29, 1.82) is 0 Å². The maximum absolute atomic E-state index is 13.6. The van der Waals surface area contributed by atoms with Gasteiger partial charge in [-0.3, -0.25) is 4.79 Å². The van der Waals surface area contributed by atoms with E-state index in [0.717, 1.165) is 25.7 Å². The molecule has 4 heteroatoms. The van der Waals surface area contributed by atoms with E-state index in [2.05, 4.69) is 29.8 Å². The molecule has 0 saturated heterocycles. The first-order chi connectivity index (χ1) is 9.80. The predicted molar refractivity (Wildman–Crippen MR) is 84.8 cm³/mol. The number of rotatable bonds is 4. The number of carbonyl (C=O) groups is 1. The minimum Gasteiger partial charge on any atom is -0.370 e. The zero-order valence-electron chi connectivity index (χ0n) is 12.8. The number of hydrogen-bond acceptors (Lipinski definition) is 2. The van der Waals surface area contributed by atoms with Crippen molar-refractivity contribution in [1.82, 2.24) is 0 Å². The van der Waals surface area contributed by atoms with Crippen LogP contribution in [0.4, 0.5) is 4.39 Å². The normalized spacial score (nSPS) is 20.2. The Morgan fingerprint density at radius 3 is 2.48 bits per heavy atom. The molecule has 0 aromatic heterocycles. The van der Waals surface area contributed by atoms with E-state index in [1.54, 1.807) is 19.2 Å². The van der Waals surface area contributed by atoms with E-state index in [9.17, 15) is 9.18 Å². The molecule has 0 amide bonds. The largest absolute Gasteiger partial charge is 0.370 e. The molecule has 0 radical (unpaired) electrons. The molecule has 1 aromatic carbocycles. The highest BCUT2D eigenvalue weighted by Crippen LogP contribution is 2.42. The quantitative estimate of drug-likeness (QED) is 0.782. The summed E-state index contributed by atoms with van der Waals surface area (Å²) in [6, 6.07) is 4.79. The highest BCUT2D eigenvalue weighted by atomic mass is 79.9. The minimum absolute atomic E-state index is 0.0480. The standard InChI is InChI=1S/C17H22BrFO2/c1-16(2)7-9-17(21-3,10-8-16)14(20)11-12-5-4-6-13(19)15(12)18/h4-6H,7-11H2,1-3H3. The molecular formula is C17H22BrFO2. The number of methoxy groups -OCH3 is 1. The molecule has 1 aromatic rings. The smallest absolute Gasteiger partial charge is 0.168 e. The first-order valence-electron chi connectivity index (χ1n) is 7.31. The summed E-state index contributed by atoms with van der Waals surface area (Å²) in [5, 5.41) is 0. The molecule has 2 nitrogen and oxygen atoms in total. The van der Waals surface area contributed by atoms with Crippen molar-refractivity contribution < 1.29 is 13.9 Å². The lowest BCUT2D eigenvalue weighted by Crippen LogP contribution is -2.46. The third-order valence-corrected chi connectivity index (χ3v) is 5.58. The topological polar surface area (TPSA) is 26.3 Å². The molecule has 0 aliphatic heterocycles. The van der Waals surface area contributed by atoms with Crippen molar-refractivity contribution in [3.8, 4) is 0 Å². The fourth-order valence-electron chi connectivity index (χ4n) is 2.95. The number of hydrogen-bond donors (Lipinski definition) is 0. The SMILES string of the molecule is COC1(C(=O)Cc2cccc(F)c2Br)CCC(C)(C)CC1. The molecule has 0 atom stereocenters. The van der Waals surface area contributed by atoms with Gasteiger partial charge in [-0.15, -0.1) is 0 Å². The van der Waals surface area contributed by atoms with Crippen molar-refractivity contribution in [2.45, 2.75) is 51.6 Å². The summed E-state index contributed by atoms with van der Waals surface area (Å²) in [5.74, 6) is -0.289. The van der Waals surface area contributed by atoms with Crippen LogP contribution >= 0.6 is 15.9 Å². The molecule has 1 aliphatic rings. The second-order valence-electron chi connectivity index (χ2n) is 6.68. The van der Waals surface area contributed by atoms with Gasteiger partial charge in [0, 0.05) is 13.5 Å². The van der Waals surface area contributed by atoms with Crippen LogP contribution in [0.25, 0.3) is 0 Å². The van der Waals surface area contributed by atoms with Crippen LogP contribution in [0.2, 0.25) is 0 Å². The van der Waals surface area contributed by atoms with Gasteiger partial charge in [-0.25, -0.2) is 4.39 Å². The number of Topliss-reactive ketones (excluding diaryl/α,β-unsaturated/α-hetero) is 1. The Kier molecular flexibility index (Phi) is 4.89. The molecule has 1 saturated carbocycles. The van der Waals surface area contributed by atoms with Gasteiger partial charge in [0.1, 0.15) is 11.4 Å². The lowest BCUT2D eigenvalue weighted by atomic mass is 9.69. The van der Waals surface area contributed by atoms with Gasteiger partial charge < -0.3 is 4.74 Å². The van der Waals surface area contributed by atoms with Crippen LogP contribution in [0.1, 0.15) is 45.1 Å². The molecule has 1 aliphatic carbocycles. The number of halogens is 2. The molecule has 116 valence electrons. The third kappa shape index (κ3) is 3.54. The van der Waals surface area contributed by atoms with Gasteiger partial charge in [0.25, 0.3) is 0 Å². The van der Waals surface area contributed by atoms with Crippen LogP contribution < -0.4 is 0 Å². The van der Waals surface area contributed by atoms with Gasteiger partial charge in [-0.2, -0.15) is 0 Å². The fourth-order valence-corrected chi connectivity index (χ4v) is 3.35. The van der Waals surface area contributed by atoms with Crippen molar-refractivity contribution in [3.05, 3.63) is 34.1 Å². The number of benzene rings is 1. The van der Waals surface area contributed by atoms with Crippen molar-refractivity contribution in [3.63, 3.8) is 0 Å². The van der Waals surface area contributed by atoms with E-state index < -0.39 is 5.60 Å². The van der Waals surface area contributed by atoms with Crippen molar-refractivity contribution in [2.24, 2.45) is 5.41 Å². The minimum atomic E-state index is -0.707. The third-order valence-electron chi connectivity index (χ3n) is 4.69. The van der Waals surface area contributed by atoms with Gasteiger partial charge in [0.2, 0.25) is 0 Å². The number of ether oxygens (including phenoxy) is 1. The van der Waals surface area contributed by atoms with E-state index in [0.29, 0.717) is 10.0 Å². The van der Waals surface area contributed by atoms with Gasteiger partial charge in [0.15, 0.2) is 5.78 Å². The first-order valence-corrected chi connectivity index (χ1v) is 8.10. The number of ketones is 1. The van der Waals surface area contributed by atoms with Gasteiger partial charge in [-0.1, -0.05) is 26.0 Å². The maximum Gasteiger partial charge on any atom is 0.168 e. The highest BCUT2D eigenvalue weighted by molar-refractivity contribution is 9.10. The monoisotopic (exact) mass is 356 g/mol. The van der Waals surface area contributed by atoms with Gasteiger partial charge in [-0.05, 0) is 58.7 Å². The Hall–Kier alpha value is -0.740. The van der Waals surface area contributed by atoms with Crippen LogP contribution in [0.5, 0.6) is 0 Å². The zero-order chi connectivity index (χ0) is 15.7. The molecule has 1 fully saturated rings. The van der Waals surface area contributed by atoms with Crippen LogP contribution in [0.15, 0.2) is 22.7 Å². The van der Waals surface area contributed by atoms with Crippen LogP contribution in [0.3, 0.4) is 0 Å². The zero-order valence-corrected chi connectivity index (χ0v) is 14.4. The first kappa shape index (κ1) is 16.6. The van der Waals surface area contributed by atoms with Gasteiger partial charge >= 0.3 is 0 Å². The highest BCUT2D eigenvalue weighted by Gasteiger charge is 2.43. The predicted octanol–water partition coefficient (Wildman–Crippen LogP) is 4.69. The molecule has 2 rings (SSSR count). The Bertz CT molecular complexity index is 530. The molecular weight excluding hydrogens is 335 g/mol. The Labute approximate surface area is 134 Å². The summed E-state index contributed by atoms with van der Waals surface area (Å²) in [5.41, 5.74) is 0.240. The molecule has 0 bridgehead atoms. The van der Waals surface area contributed by atoms with Crippen LogP contribution in [-0.2, 0) is 16.0 Å². The van der Waals surface area contributed by atoms with Crippen molar-refractivity contribution >= 4 is 21.7 Å². The summed E-state index contributed by atoms with van der Waals surface area (Å²) < 4.78 is 19.6. The lowest BCUT2D eigenvalue weighted by Gasteiger charge is -2.41. The van der Waals surface area contributed by atoms with E-state index in [1.807, 2.05) is 0 Å². The molecule has 0 N–H and O–H groups in total. The summed E-state index contributed by atoms with van der Waals surface area (Å²) in [7, 11) is 1.61. The van der Waals surface area contributed by atoms with E-state index in [4.69, 9.17) is 4.74 Å². The lowest BCUT2D eigenvalue weighted by molar-refractivity contribution is -0.147. The van der Waals surface area contributed by atoms with Crippen LogP contribution in [0, 0.1) is 11.2 Å². The summed E-state index contributed by atoms with van der Waals surface area (Å²) in [6.45, 7) is 4.44. The second-order valence-corrected chi connectivity index (χ2v) is 7.47. The molecule has 0 unspecified atom stereocenters. The number of carbonyl (C=O) groups excluding carboxylic acids is 1. The Morgan fingerprint density at radius 1 is 1.29 bits per heavy atom. The summed E-state index contributed by atoms with van der Waals surface area (Å²) in [4.78, 5) is 12.7. The fraction of sp³-hybridized carbons (Fsp3) is 0.588.